The highest BCUT2D eigenvalue weighted by Crippen LogP contribution is 2.34. The predicted octanol–water partition coefficient (Wildman–Crippen LogP) is 4.73. The van der Waals surface area contributed by atoms with Gasteiger partial charge in [-0.15, -0.1) is 10.2 Å². The summed E-state index contributed by atoms with van der Waals surface area (Å²) in [6.07, 6.45) is 0.661. The minimum Gasteiger partial charge on any atom is -0.464 e. The number of halogens is 1. The van der Waals surface area contributed by atoms with Gasteiger partial charge < -0.3 is 23.9 Å². The van der Waals surface area contributed by atoms with Crippen LogP contribution in [0.4, 0.5) is 4.79 Å². The molecule has 35 heavy (non-hydrogen) atoms. The lowest BCUT2D eigenvalue weighted by Gasteiger charge is -2.26. The van der Waals surface area contributed by atoms with Crippen LogP contribution in [0.5, 0.6) is 0 Å². The summed E-state index contributed by atoms with van der Waals surface area (Å²) < 4.78 is 13.2. The summed E-state index contributed by atoms with van der Waals surface area (Å²) in [6, 6.07) is 10.4. The van der Waals surface area contributed by atoms with Gasteiger partial charge in [0.15, 0.2) is 5.82 Å². The van der Waals surface area contributed by atoms with Gasteiger partial charge in [-0.3, -0.25) is 4.79 Å². The number of benzene rings is 1. The van der Waals surface area contributed by atoms with Gasteiger partial charge in [-0.1, -0.05) is 30.7 Å². The highest BCUT2D eigenvalue weighted by Gasteiger charge is 2.41. The molecule has 2 amide bonds. The van der Waals surface area contributed by atoms with E-state index in [9.17, 15) is 9.59 Å². The maximum absolute atomic E-state index is 13.5. The molecule has 1 fully saturated rings. The summed E-state index contributed by atoms with van der Waals surface area (Å²) in [5.41, 5.74) is 1.03. The number of furan rings is 1. The maximum Gasteiger partial charge on any atom is 0.318 e. The molecule has 3 aromatic rings. The monoisotopic (exact) mass is 499 g/mol. The van der Waals surface area contributed by atoms with E-state index in [1.807, 2.05) is 61.7 Å². The van der Waals surface area contributed by atoms with E-state index in [0.29, 0.717) is 36.0 Å². The number of urea groups is 1. The molecule has 3 heterocycles. The Kier molecular flexibility index (Phi) is 7.45. The first-order valence-corrected chi connectivity index (χ1v) is 12.1. The molecule has 3 atom stereocenters. The standard InChI is InChI=1S/C25H30ClN5O4/c1-5-21(23-11-6-15(2)34-23)27-25(33)31-14-20(35-17(4)32)12-22(31)24-29-28-16(3)30(24)13-18-7-9-19(26)10-8-18/h6-11,20-22H,5,12-14H2,1-4H3,(H,27,33). The number of carbonyl (C=O) groups is 2. The van der Waals surface area contributed by atoms with Crippen molar-refractivity contribution < 1.29 is 18.7 Å². The number of esters is 1. The van der Waals surface area contributed by atoms with E-state index in [1.54, 1.807) is 4.90 Å². The van der Waals surface area contributed by atoms with Crippen molar-refractivity contribution in [2.24, 2.45) is 0 Å². The molecule has 1 aliphatic heterocycles. The second-order valence-corrected chi connectivity index (χ2v) is 9.25. The van der Waals surface area contributed by atoms with Crippen LogP contribution in [0.25, 0.3) is 0 Å². The summed E-state index contributed by atoms with van der Waals surface area (Å²) in [5, 5.41) is 12.4. The number of likely N-dealkylation sites (tertiary alicyclic amines) is 1. The normalized spacial score (nSPS) is 18.5. The molecule has 0 spiro atoms. The zero-order valence-corrected chi connectivity index (χ0v) is 21.1. The number of carbonyl (C=O) groups excluding carboxylic acids is 2. The molecule has 0 saturated carbocycles. The number of nitrogens with zero attached hydrogens (tertiary/aromatic N) is 4. The number of aryl methyl sites for hydroxylation is 2. The fourth-order valence-electron chi connectivity index (χ4n) is 4.45. The van der Waals surface area contributed by atoms with Crippen molar-refractivity contribution in [3.63, 3.8) is 0 Å². The lowest BCUT2D eigenvalue weighted by molar-refractivity contribution is -0.145. The Hall–Kier alpha value is -3.33. The molecule has 0 aliphatic carbocycles. The van der Waals surface area contributed by atoms with Gasteiger partial charge in [-0.25, -0.2) is 4.79 Å². The quantitative estimate of drug-likeness (QED) is 0.471. The van der Waals surface area contributed by atoms with Gasteiger partial charge in [0.25, 0.3) is 0 Å². The SMILES string of the molecule is CCC(NC(=O)N1CC(OC(C)=O)CC1c1nnc(C)n1Cc1ccc(Cl)cc1)c1ccc(C)o1. The molecule has 3 unspecified atom stereocenters. The van der Waals surface area contributed by atoms with E-state index < -0.39 is 12.1 Å². The Morgan fingerprint density at radius 2 is 1.94 bits per heavy atom. The zero-order chi connectivity index (χ0) is 25.1. The summed E-state index contributed by atoms with van der Waals surface area (Å²) >= 11 is 6.04. The Bertz CT molecular complexity index is 1190. The summed E-state index contributed by atoms with van der Waals surface area (Å²) in [7, 11) is 0. The molecule has 2 aromatic heterocycles. The topological polar surface area (TPSA) is 102 Å². The highest BCUT2D eigenvalue weighted by molar-refractivity contribution is 6.30. The van der Waals surface area contributed by atoms with E-state index in [-0.39, 0.29) is 24.6 Å². The van der Waals surface area contributed by atoms with Crippen LogP contribution in [0, 0.1) is 13.8 Å². The van der Waals surface area contributed by atoms with Gasteiger partial charge in [0, 0.05) is 18.4 Å². The van der Waals surface area contributed by atoms with Crippen molar-refractivity contribution in [2.75, 3.05) is 6.54 Å². The fraction of sp³-hybridized carbons (Fsp3) is 0.440. The summed E-state index contributed by atoms with van der Waals surface area (Å²) in [6.45, 7) is 7.89. The minimum absolute atomic E-state index is 0.260. The molecule has 9 nitrogen and oxygen atoms in total. The third-order valence-corrected chi connectivity index (χ3v) is 6.44. The molecule has 1 saturated heterocycles. The number of rotatable bonds is 7. The minimum atomic E-state index is -0.435. The number of ether oxygens (including phenoxy) is 1. The lowest BCUT2D eigenvalue weighted by atomic mass is 10.1. The number of hydrogen-bond acceptors (Lipinski definition) is 6. The average molecular weight is 500 g/mol. The van der Waals surface area contributed by atoms with Gasteiger partial charge in [0.05, 0.1) is 25.2 Å². The third kappa shape index (κ3) is 5.67. The van der Waals surface area contributed by atoms with Crippen molar-refractivity contribution in [1.82, 2.24) is 25.0 Å². The molecule has 0 bridgehead atoms. The number of nitrogens with one attached hydrogen (secondary N) is 1. The van der Waals surface area contributed by atoms with Gasteiger partial charge >= 0.3 is 12.0 Å². The smallest absolute Gasteiger partial charge is 0.318 e. The Balaban J connectivity index is 1.61. The number of aromatic nitrogens is 3. The van der Waals surface area contributed by atoms with E-state index in [0.717, 1.165) is 17.1 Å². The Labute approximate surface area is 209 Å². The molecule has 1 aliphatic rings. The second-order valence-electron chi connectivity index (χ2n) is 8.81. The van der Waals surface area contributed by atoms with Crippen LogP contribution >= 0.6 is 11.6 Å². The van der Waals surface area contributed by atoms with Crippen LogP contribution in [-0.2, 0) is 16.1 Å². The van der Waals surface area contributed by atoms with Crippen LogP contribution in [0.2, 0.25) is 5.02 Å². The van der Waals surface area contributed by atoms with E-state index >= 15 is 0 Å². The molecular formula is C25H30ClN5O4. The van der Waals surface area contributed by atoms with Crippen LogP contribution < -0.4 is 5.32 Å². The summed E-state index contributed by atoms with van der Waals surface area (Å²) in [5.74, 6) is 2.47. The van der Waals surface area contributed by atoms with Crippen molar-refractivity contribution in [3.8, 4) is 0 Å². The van der Waals surface area contributed by atoms with Crippen LogP contribution in [-0.4, -0.2) is 44.3 Å². The van der Waals surface area contributed by atoms with Crippen molar-refractivity contribution >= 4 is 23.6 Å². The first-order chi connectivity index (χ1) is 16.7. The molecule has 1 N–H and O–H groups in total. The van der Waals surface area contributed by atoms with Crippen LogP contribution in [0.1, 0.15) is 67.5 Å². The average Bonchev–Trinajstić information content (AvgIpc) is 3.52. The lowest BCUT2D eigenvalue weighted by Crippen LogP contribution is -2.42. The number of hydrogen-bond donors (Lipinski definition) is 1. The Morgan fingerprint density at radius 3 is 2.57 bits per heavy atom. The predicted molar refractivity (Wildman–Crippen MR) is 130 cm³/mol. The summed E-state index contributed by atoms with van der Waals surface area (Å²) in [4.78, 5) is 26.8. The molecular weight excluding hydrogens is 470 g/mol. The molecule has 0 radical (unpaired) electrons. The van der Waals surface area contributed by atoms with Gasteiger partial charge in [0.2, 0.25) is 0 Å². The van der Waals surface area contributed by atoms with Crippen molar-refractivity contribution in [1.29, 1.82) is 0 Å². The second kappa shape index (κ2) is 10.5. The van der Waals surface area contributed by atoms with E-state index in [1.165, 1.54) is 6.92 Å². The van der Waals surface area contributed by atoms with Crippen LogP contribution in [0.3, 0.4) is 0 Å². The van der Waals surface area contributed by atoms with Gasteiger partial charge in [-0.2, -0.15) is 0 Å². The molecule has 4 rings (SSSR count). The van der Waals surface area contributed by atoms with E-state index in [4.69, 9.17) is 20.8 Å². The van der Waals surface area contributed by atoms with Crippen molar-refractivity contribution in [3.05, 3.63) is 70.2 Å². The molecule has 1 aromatic carbocycles. The highest BCUT2D eigenvalue weighted by atomic mass is 35.5. The maximum atomic E-state index is 13.5. The first-order valence-electron chi connectivity index (χ1n) is 11.7. The Morgan fingerprint density at radius 1 is 1.20 bits per heavy atom. The fourth-order valence-corrected chi connectivity index (χ4v) is 4.57. The first kappa shape index (κ1) is 24.8. The van der Waals surface area contributed by atoms with E-state index in [2.05, 4.69) is 15.5 Å². The zero-order valence-electron chi connectivity index (χ0n) is 20.3. The number of amides is 2. The third-order valence-electron chi connectivity index (χ3n) is 6.18. The van der Waals surface area contributed by atoms with Crippen molar-refractivity contribution in [2.45, 2.75) is 65.3 Å². The van der Waals surface area contributed by atoms with Gasteiger partial charge in [0.1, 0.15) is 23.4 Å². The largest absolute Gasteiger partial charge is 0.464 e. The molecule has 186 valence electrons. The molecule has 10 heteroatoms. The van der Waals surface area contributed by atoms with Gasteiger partial charge in [-0.05, 0) is 50.1 Å². The van der Waals surface area contributed by atoms with Crippen LogP contribution in [0.15, 0.2) is 40.8 Å².